The van der Waals surface area contributed by atoms with Crippen molar-refractivity contribution in [1.82, 2.24) is 5.32 Å². The molecule has 1 unspecified atom stereocenters. The summed E-state index contributed by atoms with van der Waals surface area (Å²) in [4.78, 5) is 38.5. The maximum atomic E-state index is 12.1. The highest BCUT2D eigenvalue weighted by Gasteiger charge is 2.26. The lowest BCUT2D eigenvalue weighted by Gasteiger charge is -2.22. The van der Waals surface area contributed by atoms with E-state index in [1.54, 1.807) is 53.7 Å². The monoisotopic (exact) mass is 405 g/mol. The number of carbonyl (C=O) groups is 3. The molecule has 0 aliphatic carbocycles. The van der Waals surface area contributed by atoms with E-state index < -0.39 is 35.3 Å². The number of hydrogen-bond donors (Lipinski definition) is 1. The summed E-state index contributed by atoms with van der Waals surface area (Å²) in [5, 5.41) is 2.46. The van der Waals surface area contributed by atoms with E-state index in [-0.39, 0.29) is 12.2 Å². The van der Waals surface area contributed by atoms with Gasteiger partial charge in [0.2, 0.25) is 0 Å². The Labute approximate surface area is 169 Å². The molecule has 1 amide bonds. The molecule has 9 heteroatoms. The normalized spacial score (nSPS) is 12.2. The van der Waals surface area contributed by atoms with Crippen molar-refractivity contribution in [3.05, 3.63) is 35.4 Å². The summed E-state index contributed by atoms with van der Waals surface area (Å²) < 4.78 is 15.3. The number of nitrogens with zero attached hydrogens (tertiary/aromatic N) is 2. The van der Waals surface area contributed by atoms with Crippen molar-refractivity contribution in [3.8, 4) is 5.75 Å². The minimum Gasteiger partial charge on any atom is -0.444 e. The Morgan fingerprint density at radius 3 is 2.07 bits per heavy atom. The van der Waals surface area contributed by atoms with Crippen LogP contribution >= 0.6 is 0 Å². The molecule has 1 rings (SSSR count). The molecule has 0 fully saturated rings. The third-order valence-electron chi connectivity index (χ3n) is 3.17. The highest BCUT2D eigenvalue weighted by atomic mass is 16.7. The van der Waals surface area contributed by atoms with Crippen LogP contribution in [0.3, 0.4) is 0 Å². The standard InChI is InChI=1S/C20H27N3O6/c1-19(2,3)28-17(25)23-15(16(24)12-22-21)11-13-7-9-14(10-8-13)27-18(26)29-20(4,5)6/h7-10,12,15H,11H2,1-6H3,(H,23,25). The van der Waals surface area contributed by atoms with E-state index in [0.29, 0.717) is 11.8 Å². The molecule has 1 N–H and O–H groups in total. The summed E-state index contributed by atoms with van der Waals surface area (Å²) in [5.41, 5.74) is 7.88. The van der Waals surface area contributed by atoms with Gasteiger partial charge in [0.15, 0.2) is 0 Å². The number of nitrogens with one attached hydrogen (secondary N) is 1. The number of carbonyl (C=O) groups excluding carboxylic acids is 3. The number of Topliss-reactive ketones (excluding diaryl/α,β-unsaturated/α-hetero) is 1. The Bertz CT molecular complexity index is 784. The third-order valence-corrected chi connectivity index (χ3v) is 3.17. The van der Waals surface area contributed by atoms with E-state index >= 15 is 0 Å². The molecule has 0 bridgehead atoms. The smallest absolute Gasteiger partial charge is 0.444 e. The predicted octanol–water partition coefficient (Wildman–Crippen LogP) is 3.31. The summed E-state index contributed by atoms with van der Waals surface area (Å²) in [6, 6.07) is 5.33. The topological polar surface area (TPSA) is 127 Å². The lowest BCUT2D eigenvalue weighted by atomic mass is 10.0. The molecule has 29 heavy (non-hydrogen) atoms. The fourth-order valence-corrected chi connectivity index (χ4v) is 2.12. The van der Waals surface area contributed by atoms with Crippen molar-refractivity contribution in [2.75, 3.05) is 0 Å². The molecule has 9 nitrogen and oxygen atoms in total. The molecule has 0 saturated heterocycles. The molecule has 0 heterocycles. The van der Waals surface area contributed by atoms with Crippen LogP contribution in [-0.2, 0) is 20.7 Å². The predicted molar refractivity (Wildman–Crippen MR) is 105 cm³/mol. The van der Waals surface area contributed by atoms with E-state index in [4.69, 9.17) is 19.7 Å². The highest BCUT2D eigenvalue weighted by Crippen LogP contribution is 2.16. The molecule has 0 radical (unpaired) electrons. The first-order valence-electron chi connectivity index (χ1n) is 8.99. The zero-order valence-corrected chi connectivity index (χ0v) is 17.5. The van der Waals surface area contributed by atoms with Gasteiger partial charge in [-0.25, -0.2) is 9.59 Å². The van der Waals surface area contributed by atoms with Crippen molar-refractivity contribution >= 4 is 24.2 Å². The average molecular weight is 405 g/mol. The van der Waals surface area contributed by atoms with E-state index in [2.05, 4.69) is 10.1 Å². The van der Waals surface area contributed by atoms with Crippen LogP contribution in [0.5, 0.6) is 5.75 Å². The van der Waals surface area contributed by atoms with Gasteiger partial charge in [-0.15, -0.1) is 0 Å². The Balaban J connectivity index is 2.83. The number of rotatable bonds is 6. The first kappa shape index (κ1) is 23.8. The van der Waals surface area contributed by atoms with Crippen LogP contribution in [0.4, 0.5) is 9.59 Å². The lowest BCUT2D eigenvalue weighted by Crippen LogP contribution is -2.45. The van der Waals surface area contributed by atoms with Crippen LogP contribution < -0.4 is 10.1 Å². The summed E-state index contributed by atoms with van der Waals surface area (Å²) in [6.07, 6.45) is -0.783. The molecule has 158 valence electrons. The fourth-order valence-electron chi connectivity index (χ4n) is 2.12. The van der Waals surface area contributed by atoms with Gasteiger partial charge < -0.3 is 25.1 Å². The Kier molecular flexibility index (Phi) is 8.09. The van der Waals surface area contributed by atoms with Crippen LogP contribution in [0.1, 0.15) is 47.1 Å². The van der Waals surface area contributed by atoms with Crippen molar-refractivity contribution in [2.24, 2.45) is 0 Å². The first-order valence-corrected chi connectivity index (χ1v) is 8.99. The van der Waals surface area contributed by atoms with Crippen LogP contribution in [0, 0.1) is 0 Å². The molecule has 0 aliphatic heterocycles. The molecular formula is C20H27N3O6. The number of benzene rings is 1. The number of amides is 1. The van der Waals surface area contributed by atoms with Gasteiger partial charge in [-0.05, 0) is 59.2 Å². The van der Waals surface area contributed by atoms with Crippen LogP contribution in [-0.4, -0.2) is 46.3 Å². The van der Waals surface area contributed by atoms with Gasteiger partial charge in [0, 0.05) is 6.42 Å². The number of ether oxygens (including phenoxy) is 3. The van der Waals surface area contributed by atoms with Crippen LogP contribution in [0.2, 0.25) is 0 Å². The van der Waals surface area contributed by atoms with Crippen molar-refractivity contribution in [3.63, 3.8) is 0 Å². The Morgan fingerprint density at radius 1 is 1.03 bits per heavy atom. The zero-order chi connectivity index (χ0) is 22.2. The van der Waals surface area contributed by atoms with E-state index in [1.165, 1.54) is 12.1 Å². The van der Waals surface area contributed by atoms with Gasteiger partial charge >= 0.3 is 18.5 Å². The maximum absolute atomic E-state index is 12.1. The molecule has 0 spiro atoms. The summed E-state index contributed by atoms with van der Waals surface area (Å²) in [5.74, 6) is -0.338. The highest BCUT2D eigenvalue weighted by molar-refractivity contribution is 6.28. The zero-order valence-electron chi connectivity index (χ0n) is 17.5. The van der Waals surface area contributed by atoms with Crippen molar-refractivity contribution in [1.29, 1.82) is 0 Å². The average Bonchev–Trinajstić information content (AvgIpc) is 2.52. The Hall–Kier alpha value is -3.19. The fraction of sp³-hybridized carbons (Fsp3) is 0.500. The minimum absolute atomic E-state index is 0.108. The van der Waals surface area contributed by atoms with E-state index in [0.717, 1.165) is 0 Å². The van der Waals surface area contributed by atoms with Crippen LogP contribution in [0.15, 0.2) is 24.3 Å². The molecule has 0 aliphatic rings. The van der Waals surface area contributed by atoms with Gasteiger partial charge in [0.25, 0.3) is 5.78 Å². The molecule has 0 aromatic heterocycles. The lowest BCUT2D eigenvalue weighted by molar-refractivity contribution is -0.118. The second kappa shape index (κ2) is 9.84. The molecule has 0 saturated carbocycles. The van der Waals surface area contributed by atoms with Crippen LogP contribution in [0.25, 0.3) is 5.53 Å². The third kappa shape index (κ3) is 10.1. The summed E-state index contributed by atoms with van der Waals surface area (Å²) in [6.45, 7) is 10.3. The number of ketones is 1. The molecule has 1 atom stereocenters. The molecular weight excluding hydrogens is 378 g/mol. The largest absolute Gasteiger partial charge is 0.514 e. The van der Waals surface area contributed by atoms with Gasteiger partial charge in [0.05, 0.1) is 0 Å². The second-order valence-corrected chi connectivity index (χ2v) is 8.26. The minimum atomic E-state index is -1.00. The summed E-state index contributed by atoms with van der Waals surface area (Å²) >= 11 is 0. The second-order valence-electron chi connectivity index (χ2n) is 8.26. The number of hydrogen-bond acceptors (Lipinski definition) is 6. The molecule has 1 aromatic carbocycles. The Morgan fingerprint density at radius 2 is 1.59 bits per heavy atom. The van der Waals surface area contributed by atoms with E-state index in [1.807, 2.05) is 0 Å². The van der Waals surface area contributed by atoms with Crippen molar-refractivity contribution < 1.29 is 33.4 Å². The van der Waals surface area contributed by atoms with E-state index in [9.17, 15) is 14.4 Å². The SMILES string of the molecule is CC(C)(C)OC(=O)NC(Cc1ccc(OC(=O)OC(C)(C)C)cc1)C(=O)C=[N+]=[N-]. The first-order chi connectivity index (χ1) is 13.3. The van der Waals surface area contributed by atoms with Gasteiger partial charge in [-0.1, -0.05) is 12.1 Å². The van der Waals surface area contributed by atoms with Gasteiger partial charge in [-0.3, -0.25) is 4.79 Å². The maximum Gasteiger partial charge on any atom is 0.514 e. The number of alkyl carbamates (subject to hydrolysis) is 1. The molecule has 1 aromatic rings. The summed E-state index contributed by atoms with van der Waals surface area (Å²) in [7, 11) is 0. The van der Waals surface area contributed by atoms with Gasteiger partial charge in [0.1, 0.15) is 23.0 Å². The quantitative estimate of drug-likeness (QED) is 0.254. The van der Waals surface area contributed by atoms with Gasteiger partial charge in [-0.2, -0.15) is 4.79 Å². The van der Waals surface area contributed by atoms with Crippen molar-refractivity contribution in [2.45, 2.75) is 65.2 Å².